The van der Waals surface area contributed by atoms with E-state index in [1.165, 1.54) is 0 Å². The Morgan fingerprint density at radius 1 is 1.03 bits per heavy atom. The van der Waals surface area contributed by atoms with Gasteiger partial charge in [0.1, 0.15) is 11.5 Å². The molecule has 6 nitrogen and oxygen atoms in total. The maximum atomic E-state index is 13.7. The summed E-state index contributed by atoms with van der Waals surface area (Å²) in [5.41, 5.74) is 9.64. The molecule has 30 heavy (non-hydrogen) atoms. The van der Waals surface area contributed by atoms with Crippen LogP contribution in [0.4, 0.5) is 11.4 Å². The minimum atomic E-state index is -0.227. The summed E-state index contributed by atoms with van der Waals surface area (Å²) >= 11 is 0. The average Bonchev–Trinajstić information content (AvgIpc) is 2.77. The molecule has 1 saturated carbocycles. The molecule has 3 rings (SSSR count). The van der Waals surface area contributed by atoms with Crippen LogP contribution in [0.2, 0.25) is 0 Å². The normalized spacial score (nSPS) is 21.2. The van der Waals surface area contributed by atoms with Gasteiger partial charge in [-0.15, -0.1) is 0 Å². The smallest absolute Gasteiger partial charge is 0.170 e. The van der Waals surface area contributed by atoms with Gasteiger partial charge in [0.25, 0.3) is 0 Å². The van der Waals surface area contributed by atoms with E-state index >= 15 is 0 Å². The lowest BCUT2D eigenvalue weighted by Crippen LogP contribution is -2.33. The van der Waals surface area contributed by atoms with Crippen molar-refractivity contribution in [3.05, 3.63) is 47.5 Å². The van der Waals surface area contributed by atoms with Crippen LogP contribution in [-0.2, 0) is 4.74 Å². The number of nitrogens with zero attached hydrogens (tertiary/aromatic N) is 1. The molecule has 2 N–H and O–H groups in total. The van der Waals surface area contributed by atoms with Crippen LogP contribution in [-0.4, -0.2) is 47.3 Å². The van der Waals surface area contributed by atoms with Crippen molar-refractivity contribution in [2.45, 2.75) is 31.3 Å². The Labute approximate surface area is 178 Å². The van der Waals surface area contributed by atoms with Crippen molar-refractivity contribution in [1.29, 1.82) is 0 Å². The van der Waals surface area contributed by atoms with Gasteiger partial charge in [-0.1, -0.05) is 6.07 Å². The number of anilines is 2. The lowest BCUT2D eigenvalue weighted by Gasteiger charge is -2.35. The molecule has 1 aliphatic carbocycles. The van der Waals surface area contributed by atoms with E-state index in [0.717, 1.165) is 29.8 Å². The summed E-state index contributed by atoms with van der Waals surface area (Å²) in [6.07, 6.45) is 2.50. The lowest BCUT2D eigenvalue weighted by molar-refractivity contribution is 0.0388. The number of hydrogen-bond donors (Lipinski definition) is 1. The fraction of sp³-hybridized carbons (Fsp3) is 0.458. The van der Waals surface area contributed by atoms with E-state index in [2.05, 4.69) is 6.07 Å². The molecule has 0 amide bonds. The molecule has 162 valence electrons. The highest BCUT2D eigenvalue weighted by molar-refractivity contribution is 6.01. The second kappa shape index (κ2) is 9.39. The monoisotopic (exact) mass is 412 g/mol. The Hall–Kier alpha value is -2.73. The third kappa shape index (κ3) is 4.38. The number of ether oxygens (including phenoxy) is 3. The van der Waals surface area contributed by atoms with Crippen LogP contribution in [0.25, 0.3) is 0 Å². The molecule has 3 unspecified atom stereocenters. The number of Topliss-reactive ketones (excluding diaryl/α,β-unsaturated/α-hetero) is 1. The molecule has 0 heterocycles. The lowest BCUT2D eigenvalue weighted by atomic mass is 9.71. The van der Waals surface area contributed by atoms with Gasteiger partial charge in [-0.2, -0.15) is 0 Å². The zero-order chi connectivity index (χ0) is 21.8. The molecule has 0 radical (unpaired) electrons. The highest BCUT2D eigenvalue weighted by Gasteiger charge is 2.38. The van der Waals surface area contributed by atoms with Crippen molar-refractivity contribution >= 4 is 17.2 Å². The van der Waals surface area contributed by atoms with Gasteiger partial charge in [-0.25, -0.2) is 0 Å². The van der Waals surface area contributed by atoms with E-state index in [-0.39, 0.29) is 23.7 Å². The molecule has 3 atom stereocenters. The predicted molar refractivity (Wildman–Crippen MR) is 120 cm³/mol. The van der Waals surface area contributed by atoms with E-state index in [1.54, 1.807) is 39.5 Å². The number of nitrogens with two attached hydrogens (primary N) is 1. The summed E-state index contributed by atoms with van der Waals surface area (Å²) < 4.78 is 16.5. The summed E-state index contributed by atoms with van der Waals surface area (Å²) in [4.78, 5) is 15.7. The SMILES string of the molecule is COc1ccc(OC)c(C(=O)C2CC(OC)CCC2c2ccc(N(C)C)c(N)c2)c1. The van der Waals surface area contributed by atoms with Crippen LogP contribution in [0.3, 0.4) is 0 Å². The van der Waals surface area contributed by atoms with Gasteiger partial charge in [0.2, 0.25) is 0 Å². The number of methoxy groups -OCH3 is 3. The highest BCUT2D eigenvalue weighted by atomic mass is 16.5. The molecular weight excluding hydrogens is 380 g/mol. The van der Waals surface area contributed by atoms with Gasteiger partial charge < -0.3 is 24.8 Å². The Morgan fingerprint density at radius 2 is 1.80 bits per heavy atom. The Balaban J connectivity index is 2.00. The van der Waals surface area contributed by atoms with E-state index in [1.807, 2.05) is 31.1 Å². The quantitative estimate of drug-likeness (QED) is 0.544. The molecule has 2 aromatic rings. The molecular formula is C24H32N2O4. The third-order valence-electron chi connectivity index (χ3n) is 6.11. The largest absolute Gasteiger partial charge is 0.497 e. The molecule has 0 spiro atoms. The van der Waals surface area contributed by atoms with Crippen LogP contribution < -0.4 is 20.1 Å². The summed E-state index contributed by atoms with van der Waals surface area (Å²) in [6, 6.07) is 11.5. The van der Waals surface area contributed by atoms with E-state index in [9.17, 15) is 4.79 Å². The Kier molecular flexibility index (Phi) is 6.87. The summed E-state index contributed by atoms with van der Waals surface area (Å²) in [6.45, 7) is 0. The van der Waals surface area contributed by atoms with Gasteiger partial charge in [0.05, 0.1) is 37.3 Å². The van der Waals surface area contributed by atoms with Gasteiger partial charge in [-0.05, 0) is 61.1 Å². The minimum absolute atomic E-state index is 0.0488. The minimum Gasteiger partial charge on any atom is -0.497 e. The van der Waals surface area contributed by atoms with Crippen molar-refractivity contribution in [2.75, 3.05) is 46.1 Å². The van der Waals surface area contributed by atoms with Gasteiger partial charge in [-0.3, -0.25) is 4.79 Å². The van der Waals surface area contributed by atoms with Crippen LogP contribution in [0, 0.1) is 5.92 Å². The van der Waals surface area contributed by atoms with Crippen molar-refractivity contribution < 1.29 is 19.0 Å². The van der Waals surface area contributed by atoms with Crippen molar-refractivity contribution in [2.24, 2.45) is 5.92 Å². The summed E-state index contributed by atoms with van der Waals surface area (Å²) in [5, 5.41) is 0. The number of benzene rings is 2. The van der Waals surface area contributed by atoms with E-state index < -0.39 is 0 Å². The third-order valence-corrected chi connectivity index (χ3v) is 6.11. The molecule has 0 bridgehead atoms. The molecule has 0 aliphatic heterocycles. The Morgan fingerprint density at radius 3 is 2.40 bits per heavy atom. The first-order chi connectivity index (χ1) is 14.4. The van der Waals surface area contributed by atoms with Crippen LogP contribution in [0.15, 0.2) is 36.4 Å². The standard InChI is InChI=1S/C24H32N2O4/c1-26(2)22-10-6-15(12-21(22)25)18-9-7-16(28-3)13-19(18)24(27)20-14-17(29-4)8-11-23(20)30-5/h6,8,10-12,14,16,18-19H,7,9,13,25H2,1-5H3. The number of carbonyl (C=O) groups excluding carboxylic acids is 1. The van der Waals surface area contributed by atoms with Crippen LogP contribution >= 0.6 is 0 Å². The van der Waals surface area contributed by atoms with Crippen molar-refractivity contribution in [1.82, 2.24) is 0 Å². The maximum absolute atomic E-state index is 13.7. The highest BCUT2D eigenvalue weighted by Crippen LogP contribution is 2.43. The number of hydrogen-bond acceptors (Lipinski definition) is 6. The first-order valence-corrected chi connectivity index (χ1v) is 10.2. The molecule has 0 aromatic heterocycles. The second-order valence-electron chi connectivity index (χ2n) is 8.03. The molecule has 1 aliphatic rings. The fourth-order valence-electron chi connectivity index (χ4n) is 4.45. The van der Waals surface area contributed by atoms with Gasteiger partial charge >= 0.3 is 0 Å². The molecule has 1 fully saturated rings. The van der Waals surface area contributed by atoms with Gasteiger partial charge in [0, 0.05) is 27.1 Å². The van der Waals surface area contributed by atoms with Gasteiger partial charge in [0.15, 0.2) is 5.78 Å². The Bertz CT molecular complexity index is 897. The van der Waals surface area contributed by atoms with Crippen LogP contribution in [0.5, 0.6) is 11.5 Å². The summed E-state index contributed by atoms with van der Waals surface area (Å²) in [7, 11) is 8.82. The molecule has 6 heteroatoms. The first kappa shape index (κ1) is 22.0. The first-order valence-electron chi connectivity index (χ1n) is 10.2. The number of ketones is 1. The van der Waals surface area contributed by atoms with E-state index in [0.29, 0.717) is 23.5 Å². The fourth-order valence-corrected chi connectivity index (χ4v) is 4.45. The zero-order valence-electron chi connectivity index (χ0n) is 18.5. The second-order valence-corrected chi connectivity index (χ2v) is 8.03. The average molecular weight is 413 g/mol. The van der Waals surface area contributed by atoms with E-state index in [4.69, 9.17) is 19.9 Å². The van der Waals surface area contributed by atoms with Crippen molar-refractivity contribution in [3.63, 3.8) is 0 Å². The number of nitrogen functional groups attached to an aromatic ring is 1. The predicted octanol–water partition coefficient (Wildman–Crippen LogP) is 4.13. The summed E-state index contributed by atoms with van der Waals surface area (Å²) in [5.74, 6) is 1.08. The zero-order valence-corrected chi connectivity index (χ0v) is 18.5. The number of rotatable bonds is 7. The van der Waals surface area contributed by atoms with Crippen LogP contribution in [0.1, 0.15) is 41.1 Å². The number of carbonyl (C=O) groups is 1. The molecule has 0 saturated heterocycles. The maximum Gasteiger partial charge on any atom is 0.170 e. The molecule has 2 aromatic carbocycles. The topological polar surface area (TPSA) is 74.0 Å². The van der Waals surface area contributed by atoms with Crippen molar-refractivity contribution in [3.8, 4) is 11.5 Å².